The molecule has 0 aliphatic carbocycles. The van der Waals surface area contributed by atoms with Gasteiger partial charge in [0.1, 0.15) is 14.7 Å². The number of rotatable bonds is 13. The molecule has 156 valence electrons. The van der Waals surface area contributed by atoms with E-state index in [1.807, 2.05) is 6.08 Å². The zero-order valence-electron chi connectivity index (χ0n) is 18.8. The second kappa shape index (κ2) is 17.4. The van der Waals surface area contributed by atoms with E-state index in [1.54, 1.807) is 0 Å². The lowest BCUT2D eigenvalue weighted by Gasteiger charge is -2.19. The zero-order valence-corrected chi connectivity index (χ0v) is 19.8. The highest BCUT2D eigenvalue weighted by molar-refractivity contribution is 6.87. The van der Waals surface area contributed by atoms with E-state index in [4.69, 9.17) is 4.74 Å². The Bertz CT molecular complexity index is 596. The lowest BCUT2D eigenvalue weighted by atomic mass is 10.1. The first-order valence-electron chi connectivity index (χ1n) is 11.0. The SMILES string of the molecule is CCCCCCC/C=C/C/C(C#CC#C[Si](CC)(CC)CC)=C/COC(C)=O. The van der Waals surface area contributed by atoms with Crippen LogP contribution >= 0.6 is 0 Å². The number of unbranched alkanes of at least 4 members (excludes halogenated alkanes) is 5. The quantitative estimate of drug-likeness (QED) is 0.111. The predicted octanol–water partition coefficient (Wildman–Crippen LogP) is 6.84. The van der Waals surface area contributed by atoms with Gasteiger partial charge in [0.05, 0.1) is 0 Å². The van der Waals surface area contributed by atoms with E-state index in [0.717, 1.165) is 18.4 Å². The first-order valence-corrected chi connectivity index (χ1v) is 13.7. The topological polar surface area (TPSA) is 26.3 Å². The van der Waals surface area contributed by atoms with Crippen molar-refractivity contribution in [1.82, 2.24) is 0 Å². The van der Waals surface area contributed by atoms with Crippen LogP contribution in [0.5, 0.6) is 0 Å². The van der Waals surface area contributed by atoms with Gasteiger partial charge in [-0.25, -0.2) is 0 Å². The fourth-order valence-electron chi connectivity index (χ4n) is 2.93. The molecule has 3 heteroatoms. The number of hydrogen-bond donors (Lipinski definition) is 0. The minimum absolute atomic E-state index is 0.268. The van der Waals surface area contributed by atoms with Crippen LogP contribution in [-0.2, 0) is 9.53 Å². The maximum atomic E-state index is 11.0. The third-order valence-electron chi connectivity index (χ3n) is 5.24. The fraction of sp³-hybridized carbons (Fsp3) is 0.640. The number of ether oxygens (including phenoxy) is 1. The maximum absolute atomic E-state index is 11.0. The molecule has 28 heavy (non-hydrogen) atoms. The molecule has 0 radical (unpaired) electrons. The minimum Gasteiger partial charge on any atom is -0.462 e. The van der Waals surface area contributed by atoms with Crippen LogP contribution in [0.2, 0.25) is 18.1 Å². The van der Waals surface area contributed by atoms with Gasteiger partial charge in [-0.15, -0.1) is 5.54 Å². The molecule has 0 rings (SSSR count). The highest BCUT2D eigenvalue weighted by Crippen LogP contribution is 2.18. The molecule has 0 amide bonds. The largest absolute Gasteiger partial charge is 0.462 e. The summed E-state index contributed by atoms with van der Waals surface area (Å²) in [5.74, 6) is 9.06. The average molecular weight is 401 g/mol. The summed E-state index contributed by atoms with van der Waals surface area (Å²) in [6.07, 6.45) is 14.7. The Morgan fingerprint density at radius 3 is 2.21 bits per heavy atom. The van der Waals surface area contributed by atoms with Gasteiger partial charge in [0.25, 0.3) is 0 Å². The first-order chi connectivity index (χ1) is 13.5. The second-order valence-electron chi connectivity index (χ2n) is 7.25. The van der Waals surface area contributed by atoms with Gasteiger partial charge < -0.3 is 4.74 Å². The van der Waals surface area contributed by atoms with E-state index in [9.17, 15) is 4.79 Å². The van der Waals surface area contributed by atoms with Crippen LogP contribution in [0, 0.1) is 23.3 Å². The van der Waals surface area contributed by atoms with E-state index < -0.39 is 8.07 Å². The molecule has 0 aromatic rings. The van der Waals surface area contributed by atoms with Crippen molar-refractivity contribution in [2.75, 3.05) is 6.61 Å². The summed E-state index contributed by atoms with van der Waals surface area (Å²) in [5, 5.41) is 0. The van der Waals surface area contributed by atoms with Crippen LogP contribution in [0.1, 0.15) is 79.6 Å². The Kier molecular flexibility index (Phi) is 16.3. The molecule has 0 heterocycles. The van der Waals surface area contributed by atoms with Gasteiger partial charge in [-0.05, 0) is 55.3 Å². The number of allylic oxidation sites excluding steroid dienone is 3. The number of hydrogen-bond acceptors (Lipinski definition) is 2. The second-order valence-corrected chi connectivity index (χ2v) is 12.2. The third kappa shape index (κ3) is 13.5. The average Bonchev–Trinajstić information content (AvgIpc) is 2.69. The number of carbonyl (C=O) groups is 1. The van der Waals surface area contributed by atoms with Gasteiger partial charge in [-0.2, -0.15) is 0 Å². The zero-order chi connectivity index (χ0) is 21.1. The van der Waals surface area contributed by atoms with E-state index in [0.29, 0.717) is 0 Å². The van der Waals surface area contributed by atoms with Crippen molar-refractivity contribution < 1.29 is 9.53 Å². The summed E-state index contributed by atoms with van der Waals surface area (Å²) in [4.78, 5) is 11.0. The molecular formula is C25H40O2Si. The lowest BCUT2D eigenvalue weighted by molar-refractivity contribution is -0.139. The van der Waals surface area contributed by atoms with E-state index in [-0.39, 0.29) is 12.6 Å². The van der Waals surface area contributed by atoms with Crippen molar-refractivity contribution in [2.45, 2.75) is 97.7 Å². The highest BCUT2D eigenvalue weighted by atomic mass is 28.3. The van der Waals surface area contributed by atoms with Gasteiger partial charge >= 0.3 is 5.97 Å². The van der Waals surface area contributed by atoms with Crippen molar-refractivity contribution in [3.63, 3.8) is 0 Å². The lowest BCUT2D eigenvalue weighted by Crippen LogP contribution is -2.29. The van der Waals surface area contributed by atoms with Crippen molar-refractivity contribution in [3.05, 3.63) is 23.8 Å². The summed E-state index contributed by atoms with van der Waals surface area (Å²) in [6, 6.07) is 3.56. The fourth-order valence-corrected chi connectivity index (χ4v) is 5.29. The van der Waals surface area contributed by atoms with Crippen molar-refractivity contribution in [1.29, 1.82) is 0 Å². The summed E-state index contributed by atoms with van der Waals surface area (Å²) >= 11 is 0. The summed E-state index contributed by atoms with van der Waals surface area (Å²) in [6.45, 7) is 10.7. The molecule has 0 spiro atoms. The maximum Gasteiger partial charge on any atom is 0.302 e. The Labute approximate surface area is 175 Å². The first kappa shape index (κ1) is 26.3. The number of esters is 1. The molecule has 0 aromatic carbocycles. The molecule has 0 saturated heterocycles. The molecular weight excluding hydrogens is 360 g/mol. The smallest absolute Gasteiger partial charge is 0.302 e. The Morgan fingerprint density at radius 2 is 1.61 bits per heavy atom. The Morgan fingerprint density at radius 1 is 0.929 bits per heavy atom. The normalized spacial score (nSPS) is 11.5. The molecule has 0 atom stereocenters. The van der Waals surface area contributed by atoms with E-state index >= 15 is 0 Å². The summed E-state index contributed by atoms with van der Waals surface area (Å²) < 4.78 is 5.03. The van der Waals surface area contributed by atoms with Gasteiger partial charge in [0.2, 0.25) is 0 Å². The van der Waals surface area contributed by atoms with Crippen LogP contribution in [-0.4, -0.2) is 20.7 Å². The van der Waals surface area contributed by atoms with Crippen molar-refractivity contribution in [2.24, 2.45) is 0 Å². The van der Waals surface area contributed by atoms with Crippen LogP contribution in [0.4, 0.5) is 0 Å². The van der Waals surface area contributed by atoms with Gasteiger partial charge in [-0.3, -0.25) is 4.79 Å². The molecule has 2 nitrogen and oxygen atoms in total. The van der Waals surface area contributed by atoms with Crippen LogP contribution < -0.4 is 0 Å². The van der Waals surface area contributed by atoms with Crippen LogP contribution in [0.25, 0.3) is 0 Å². The molecule has 0 bridgehead atoms. The highest BCUT2D eigenvalue weighted by Gasteiger charge is 2.23. The van der Waals surface area contributed by atoms with Crippen molar-refractivity contribution >= 4 is 14.0 Å². The Balaban J connectivity index is 4.81. The van der Waals surface area contributed by atoms with Gasteiger partial charge in [0, 0.05) is 12.5 Å². The van der Waals surface area contributed by atoms with E-state index in [2.05, 4.69) is 63.2 Å². The molecule has 0 aliphatic rings. The predicted molar refractivity (Wildman–Crippen MR) is 125 cm³/mol. The molecule has 0 unspecified atom stereocenters. The molecule has 0 N–H and O–H groups in total. The van der Waals surface area contributed by atoms with Crippen LogP contribution in [0.3, 0.4) is 0 Å². The standard InChI is InChI=1S/C25H40O2Si/c1-6-10-11-12-13-14-15-16-19-25(21-22-27-24(5)26)20-17-18-23-28(7-2,8-3)9-4/h15-16,21H,6-14,19,22H2,1-5H3/b16-15+,25-21-. The van der Waals surface area contributed by atoms with Gasteiger partial charge in [-0.1, -0.05) is 71.5 Å². The molecule has 0 aromatic heterocycles. The van der Waals surface area contributed by atoms with Crippen molar-refractivity contribution in [3.8, 4) is 23.3 Å². The van der Waals surface area contributed by atoms with Gasteiger partial charge in [0.15, 0.2) is 0 Å². The molecule has 0 saturated carbocycles. The molecule has 0 aliphatic heterocycles. The number of carbonyl (C=O) groups excluding carboxylic acids is 1. The van der Waals surface area contributed by atoms with E-state index in [1.165, 1.54) is 57.2 Å². The van der Waals surface area contributed by atoms with Crippen LogP contribution in [0.15, 0.2) is 23.8 Å². The summed E-state index contributed by atoms with van der Waals surface area (Å²) in [5.41, 5.74) is 4.46. The summed E-state index contributed by atoms with van der Waals surface area (Å²) in [7, 11) is -1.45. The molecule has 0 fully saturated rings. The monoisotopic (exact) mass is 400 g/mol. The Hall–Kier alpha value is -1.71. The minimum atomic E-state index is -1.45. The third-order valence-corrected chi connectivity index (χ3v) is 9.95.